The number of methoxy groups -OCH3 is 2. The van der Waals surface area contributed by atoms with Gasteiger partial charge < -0.3 is 19.5 Å². The summed E-state index contributed by atoms with van der Waals surface area (Å²) in [5.74, 6) is 0.710. The molecule has 138 valence electrons. The standard InChI is InChI=1S/C18H26N2O5/c1-4-25-18(22)13-6-5-9-20(11-13)12-17(21)19-14-7-8-15(23-2)16(10-14)24-3/h7-8,10,13H,4-6,9,11-12H2,1-3H3,(H,19,21)/t13-/m1/s1. The van der Waals surface area contributed by atoms with Crippen molar-refractivity contribution in [1.29, 1.82) is 0 Å². The van der Waals surface area contributed by atoms with Crippen molar-refractivity contribution in [3.63, 3.8) is 0 Å². The quantitative estimate of drug-likeness (QED) is 0.757. The van der Waals surface area contributed by atoms with Crippen LogP contribution in [0.15, 0.2) is 18.2 Å². The zero-order chi connectivity index (χ0) is 18.2. The van der Waals surface area contributed by atoms with Gasteiger partial charge in [-0.25, -0.2) is 0 Å². The van der Waals surface area contributed by atoms with E-state index in [1.54, 1.807) is 39.3 Å². The Hall–Kier alpha value is -2.28. The third kappa shape index (κ3) is 5.35. The Labute approximate surface area is 148 Å². The topological polar surface area (TPSA) is 77.1 Å². The number of likely N-dealkylation sites (tertiary alicyclic amines) is 1. The van der Waals surface area contributed by atoms with E-state index in [0.717, 1.165) is 19.4 Å². The normalized spacial score (nSPS) is 17.6. The van der Waals surface area contributed by atoms with Crippen LogP contribution < -0.4 is 14.8 Å². The Morgan fingerprint density at radius 1 is 1.24 bits per heavy atom. The van der Waals surface area contributed by atoms with Crippen LogP contribution in [0.25, 0.3) is 0 Å². The highest BCUT2D eigenvalue weighted by molar-refractivity contribution is 5.92. The Kier molecular flexibility index (Phi) is 7.06. The fourth-order valence-corrected chi connectivity index (χ4v) is 2.97. The molecule has 7 nitrogen and oxygen atoms in total. The molecule has 2 rings (SSSR count). The lowest BCUT2D eigenvalue weighted by Crippen LogP contribution is -2.43. The van der Waals surface area contributed by atoms with E-state index in [4.69, 9.17) is 14.2 Å². The molecule has 0 saturated carbocycles. The first kappa shape index (κ1) is 19.1. The molecule has 1 aromatic rings. The van der Waals surface area contributed by atoms with Crippen molar-refractivity contribution in [2.45, 2.75) is 19.8 Å². The van der Waals surface area contributed by atoms with Crippen molar-refractivity contribution in [1.82, 2.24) is 4.90 Å². The second-order valence-corrected chi connectivity index (χ2v) is 5.94. The van der Waals surface area contributed by atoms with Gasteiger partial charge in [-0.1, -0.05) is 0 Å². The van der Waals surface area contributed by atoms with E-state index in [9.17, 15) is 9.59 Å². The van der Waals surface area contributed by atoms with E-state index in [0.29, 0.717) is 30.3 Å². The first-order chi connectivity index (χ1) is 12.1. The SMILES string of the molecule is CCOC(=O)[C@@H]1CCCN(CC(=O)Nc2ccc(OC)c(OC)c2)C1. The highest BCUT2D eigenvalue weighted by Gasteiger charge is 2.27. The lowest BCUT2D eigenvalue weighted by molar-refractivity contribution is -0.150. The van der Waals surface area contributed by atoms with Crippen LogP contribution in [0.1, 0.15) is 19.8 Å². The van der Waals surface area contributed by atoms with Gasteiger partial charge in [-0.3, -0.25) is 14.5 Å². The van der Waals surface area contributed by atoms with Crippen molar-refractivity contribution < 1.29 is 23.8 Å². The molecule has 1 amide bonds. The number of nitrogens with zero attached hydrogens (tertiary/aromatic N) is 1. The van der Waals surface area contributed by atoms with Gasteiger partial charge in [0.1, 0.15) is 0 Å². The molecule has 1 aliphatic rings. The molecular formula is C18H26N2O5. The number of benzene rings is 1. The number of nitrogens with one attached hydrogen (secondary N) is 1. The minimum absolute atomic E-state index is 0.128. The fraction of sp³-hybridized carbons (Fsp3) is 0.556. The molecule has 1 atom stereocenters. The molecule has 1 fully saturated rings. The van der Waals surface area contributed by atoms with Crippen LogP contribution in [0.3, 0.4) is 0 Å². The second-order valence-electron chi connectivity index (χ2n) is 5.94. The summed E-state index contributed by atoms with van der Waals surface area (Å²) in [6.07, 6.45) is 1.69. The summed E-state index contributed by atoms with van der Waals surface area (Å²) in [6, 6.07) is 5.22. The molecular weight excluding hydrogens is 324 g/mol. The van der Waals surface area contributed by atoms with Gasteiger partial charge in [0, 0.05) is 18.3 Å². The van der Waals surface area contributed by atoms with E-state index in [2.05, 4.69) is 5.32 Å². The number of esters is 1. The highest BCUT2D eigenvalue weighted by atomic mass is 16.5. The minimum Gasteiger partial charge on any atom is -0.493 e. The van der Waals surface area contributed by atoms with Gasteiger partial charge in [-0.05, 0) is 38.4 Å². The Bertz CT molecular complexity index is 605. The summed E-state index contributed by atoms with van der Waals surface area (Å²) in [4.78, 5) is 26.2. The average molecular weight is 350 g/mol. The van der Waals surface area contributed by atoms with Gasteiger partial charge >= 0.3 is 5.97 Å². The summed E-state index contributed by atoms with van der Waals surface area (Å²) >= 11 is 0. The maximum Gasteiger partial charge on any atom is 0.310 e. The molecule has 0 spiro atoms. The molecule has 1 N–H and O–H groups in total. The Balaban J connectivity index is 1.90. The Morgan fingerprint density at radius 3 is 2.68 bits per heavy atom. The van der Waals surface area contributed by atoms with Crippen molar-refractivity contribution in [2.75, 3.05) is 45.8 Å². The third-order valence-corrected chi connectivity index (χ3v) is 4.16. The first-order valence-corrected chi connectivity index (χ1v) is 8.48. The molecule has 25 heavy (non-hydrogen) atoms. The maximum absolute atomic E-state index is 12.3. The first-order valence-electron chi connectivity index (χ1n) is 8.48. The maximum atomic E-state index is 12.3. The van der Waals surface area contributed by atoms with E-state index >= 15 is 0 Å². The summed E-state index contributed by atoms with van der Waals surface area (Å²) < 4.78 is 15.5. The third-order valence-electron chi connectivity index (χ3n) is 4.16. The largest absolute Gasteiger partial charge is 0.493 e. The monoisotopic (exact) mass is 350 g/mol. The van der Waals surface area contributed by atoms with Crippen LogP contribution in [-0.4, -0.2) is 57.2 Å². The number of hydrogen-bond donors (Lipinski definition) is 1. The predicted octanol–water partition coefficient (Wildman–Crippen LogP) is 1.92. The van der Waals surface area contributed by atoms with Gasteiger partial charge in [0.15, 0.2) is 11.5 Å². The minimum atomic E-state index is -0.174. The highest BCUT2D eigenvalue weighted by Crippen LogP contribution is 2.29. The van der Waals surface area contributed by atoms with Gasteiger partial charge in [-0.2, -0.15) is 0 Å². The van der Waals surface area contributed by atoms with Gasteiger partial charge in [0.05, 0.1) is 33.3 Å². The summed E-state index contributed by atoms with van der Waals surface area (Å²) in [5.41, 5.74) is 0.640. The molecule has 0 aliphatic carbocycles. The smallest absolute Gasteiger partial charge is 0.310 e. The van der Waals surface area contributed by atoms with Crippen LogP contribution in [0.2, 0.25) is 0 Å². The van der Waals surface area contributed by atoms with Gasteiger partial charge in [0.2, 0.25) is 5.91 Å². The Morgan fingerprint density at radius 2 is 2.00 bits per heavy atom. The number of piperidine rings is 1. The van der Waals surface area contributed by atoms with E-state index in [1.807, 2.05) is 4.90 Å². The number of carbonyl (C=O) groups excluding carboxylic acids is 2. The molecule has 0 aromatic heterocycles. The van der Waals surface area contributed by atoms with Gasteiger partial charge in [0.25, 0.3) is 0 Å². The van der Waals surface area contributed by atoms with E-state index in [1.165, 1.54) is 0 Å². The van der Waals surface area contributed by atoms with Crippen LogP contribution in [0, 0.1) is 5.92 Å². The van der Waals surface area contributed by atoms with Crippen molar-refractivity contribution in [3.8, 4) is 11.5 Å². The van der Waals surface area contributed by atoms with Gasteiger partial charge in [-0.15, -0.1) is 0 Å². The molecule has 1 aliphatic heterocycles. The van der Waals surface area contributed by atoms with Crippen molar-refractivity contribution in [2.24, 2.45) is 5.92 Å². The van der Waals surface area contributed by atoms with Crippen molar-refractivity contribution in [3.05, 3.63) is 18.2 Å². The summed E-state index contributed by atoms with van der Waals surface area (Å²) in [5, 5.41) is 2.85. The van der Waals surface area contributed by atoms with E-state index in [-0.39, 0.29) is 24.3 Å². The molecule has 1 aromatic carbocycles. The summed E-state index contributed by atoms with van der Waals surface area (Å²) in [6.45, 7) is 3.78. The molecule has 7 heteroatoms. The molecule has 0 bridgehead atoms. The number of carbonyl (C=O) groups is 2. The molecule has 0 unspecified atom stereocenters. The number of hydrogen-bond acceptors (Lipinski definition) is 6. The summed E-state index contributed by atoms with van der Waals surface area (Å²) in [7, 11) is 3.11. The fourth-order valence-electron chi connectivity index (χ4n) is 2.97. The lowest BCUT2D eigenvalue weighted by atomic mass is 9.98. The number of rotatable bonds is 7. The second kappa shape index (κ2) is 9.27. The zero-order valence-electron chi connectivity index (χ0n) is 15.0. The number of amides is 1. The van der Waals surface area contributed by atoms with Crippen LogP contribution in [0.5, 0.6) is 11.5 Å². The van der Waals surface area contributed by atoms with E-state index < -0.39 is 0 Å². The molecule has 1 saturated heterocycles. The molecule has 0 radical (unpaired) electrons. The van der Waals surface area contributed by atoms with Crippen LogP contribution >= 0.6 is 0 Å². The number of ether oxygens (including phenoxy) is 3. The average Bonchev–Trinajstić information content (AvgIpc) is 2.62. The number of anilines is 1. The lowest BCUT2D eigenvalue weighted by Gasteiger charge is -2.30. The molecule has 1 heterocycles. The van der Waals surface area contributed by atoms with Crippen molar-refractivity contribution >= 4 is 17.6 Å². The van der Waals surface area contributed by atoms with Crippen LogP contribution in [-0.2, 0) is 14.3 Å². The predicted molar refractivity (Wildman–Crippen MR) is 94.0 cm³/mol. The van der Waals surface area contributed by atoms with Crippen LogP contribution in [0.4, 0.5) is 5.69 Å². The zero-order valence-corrected chi connectivity index (χ0v) is 15.0.